The van der Waals surface area contributed by atoms with E-state index in [4.69, 9.17) is 4.74 Å². The Balaban J connectivity index is 2.73. The molecular weight excluding hydrogens is 280 g/mol. The van der Waals surface area contributed by atoms with E-state index in [9.17, 15) is 5.11 Å². The number of hydrogen-bond acceptors (Lipinski definition) is 2. The van der Waals surface area contributed by atoms with Gasteiger partial charge in [0.05, 0.1) is 17.2 Å². The van der Waals surface area contributed by atoms with Gasteiger partial charge in [0, 0.05) is 0 Å². The standard InChI is InChI=1S/C14H21BrO2/c1-4-7-17-14-6-5-11(9-12(14)15)13(16)8-10(2)3/h5-6,9-10,13,16H,4,7-8H2,1-3H3. The molecule has 0 aliphatic rings. The van der Waals surface area contributed by atoms with Crippen molar-refractivity contribution < 1.29 is 9.84 Å². The zero-order valence-electron chi connectivity index (χ0n) is 10.7. The first-order valence-corrected chi connectivity index (χ1v) is 6.94. The molecule has 0 amide bonds. The molecule has 0 saturated carbocycles. The summed E-state index contributed by atoms with van der Waals surface area (Å²) in [6, 6.07) is 5.79. The van der Waals surface area contributed by atoms with Gasteiger partial charge in [-0.2, -0.15) is 0 Å². The summed E-state index contributed by atoms with van der Waals surface area (Å²) in [4.78, 5) is 0. The van der Waals surface area contributed by atoms with Crippen LogP contribution in [0.1, 0.15) is 45.3 Å². The molecule has 1 aromatic carbocycles. The van der Waals surface area contributed by atoms with Gasteiger partial charge < -0.3 is 9.84 Å². The molecule has 96 valence electrons. The average Bonchev–Trinajstić information content (AvgIpc) is 2.26. The van der Waals surface area contributed by atoms with Crippen LogP contribution < -0.4 is 4.74 Å². The Kier molecular flexibility index (Phi) is 6.00. The normalized spacial score (nSPS) is 12.8. The van der Waals surface area contributed by atoms with Gasteiger partial charge in [0.2, 0.25) is 0 Å². The summed E-state index contributed by atoms with van der Waals surface area (Å²) >= 11 is 3.48. The minimum Gasteiger partial charge on any atom is -0.492 e. The molecule has 0 aliphatic carbocycles. The first-order chi connectivity index (χ1) is 8.04. The lowest BCUT2D eigenvalue weighted by Crippen LogP contribution is -2.02. The molecule has 0 spiro atoms. The number of halogens is 1. The van der Waals surface area contributed by atoms with Crippen molar-refractivity contribution in [3.63, 3.8) is 0 Å². The van der Waals surface area contributed by atoms with Gasteiger partial charge in [0.25, 0.3) is 0 Å². The molecule has 0 heterocycles. The zero-order chi connectivity index (χ0) is 12.8. The third kappa shape index (κ3) is 4.68. The second-order valence-corrected chi connectivity index (χ2v) is 5.54. The first-order valence-electron chi connectivity index (χ1n) is 6.14. The summed E-state index contributed by atoms with van der Waals surface area (Å²) in [5.74, 6) is 1.33. The van der Waals surface area contributed by atoms with Gasteiger partial charge in [-0.1, -0.05) is 26.8 Å². The molecule has 0 aromatic heterocycles. The Labute approximate surface area is 112 Å². The monoisotopic (exact) mass is 300 g/mol. The van der Waals surface area contributed by atoms with Crippen LogP contribution in [0.15, 0.2) is 22.7 Å². The Morgan fingerprint density at radius 2 is 2.06 bits per heavy atom. The van der Waals surface area contributed by atoms with Crippen molar-refractivity contribution in [2.45, 2.75) is 39.7 Å². The second kappa shape index (κ2) is 7.02. The molecule has 3 heteroatoms. The third-order valence-electron chi connectivity index (χ3n) is 2.50. The minimum absolute atomic E-state index is 0.397. The largest absolute Gasteiger partial charge is 0.492 e. The maximum Gasteiger partial charge on any atom is 0.133 e. The topological polar surface area (TPSA) is 29.5 Å². The third-order valence-corrected chi connectivity index (χ3v) is 3.12. The fourth-order valence-corrected chi connectivity index (χ4v) is 2.15. The molecule has 17 heavy (non-hydrogen) atoms. The molecule has 0 aliphatic heterocycles. The maximum atomic E-state index is 10.0. The van der Waals surface area contributed by atoms with E-state index in [1.165, 1.54) is 0 Å². The van der Waals surface area contributed by atoms with E-state index in [2.05, 4.69) is 36.7 Å². The summed E-state index contributed by atoms with van der Waals surface area (Å²) in [7, 11) is 0. The summed E-state index contributed by atoms with van der Waals surface area (Å²) in [6.45, 7) is 7.01. The van der Waals surface area contributed by atoms with Crippen LogP contribution in [0, 0.1) is 5.92 Å². The molecule has 0 fully saturated rings. The van der Waals surface area contributed by atoms with E-state index < -0.39 is 6.10 Å². The van der Waals surface area contributed by atoms with Gasteiger partial charge in [-0.25, -0.2) is 0 Å². The predicted octanol–water partition coefficient (Wildman–Crippen LogP) is 4.32. The van der Waals surface area contributed by atoms with E-state index in [1.807, 2.05) is 18.2 Å². The van der Waals surface area contributed by atoms with E-state index in [1.54, 1.807) is 0 Å². The summed E-state index contributed by atoms with van der Waals surface area (Å²) in [5, 5.41) is 10.0. The van der Waals surface area contributed by atoms with Crippen LogP contribution in [0.2, 0.25) is 0 Å². The zero-order valence-corrected chi connectivity index (χ0v) is 12.3. The van der Waals surface area contributed by atoms with Gasteiger partial charge in [-0.15, -0.1) is 0 Å². The highest BCUT2D eigenvalue weighted by atomic mass is 79.9. The Bertz CT molecular complexity index is 350. The fourth-order valence-electron chi connectivity index (χ4n) is 1.64. The molecule has 1 atom stereocenters. The molecule has 0 bridgehead atoms. The van der Waals surface area contributed by atoms with Crippen LogP contribution in [0.3, 0.4) is 0 Å². The van der Waals surface area contributed by atoms with Crippen molar-refractivity contribution in [1.29, 1.82) is 0 Å². The van der Waals surface area contributed by atoms with Crippen LogP contribution >= 0.6 is 15.9 Å². The van der Waals surface area contributed by atoms with Crippen LogP contribution in [-0.4, -0.2) is 11.7 Å². The maximum absolute atomic E-state index is 10.0. The van der Waals surface area contributed by atoms with E-state index in [0.717, 1.165) is 28.6 Å². The van der Waals surface area contributed by atoms with Crippen LogP contribution in [0.25, 0.3) is 0 Å². The van der Waals surface area contributed by atoms with E-state index in [-0.39, 0.29) is 0 Å². The quantitative estimate of drug-likeness (QED) is 0.848. The number of benzene rings is 1. The molecular formula is C14H21BrO2. The summed E-state index contributed by atoms with van der Waals surface area (Å²) in [6.07, 6.45) is 1.37. The molecule has 0 radical (unpaired) electrons. The molecule has 0 saturated heterocycles. The number of hydrogen-bond donors (Lipinski definition) is 1. The van der Waals surface area contributed by atoms with Gasteiger partial charge >= 0.3 is 0 Å². The van der Waals surface area contributed by atoms with E-state index >= 15 is 0 Å². The SMILES string of the molecule is CCCOc1ccc(C(O)CC(C)C)cc1Br. The van der Waals surface area contributed by atoms with Crippen molar-refractivity contribution in [2.75, 3.05) is 6.61 Å². The Morgan fingerprint density at radius 1 is 1.35 bits per heavy atom. The lowest BCUT2D eigenvalue weighted by Gasteiger charge is -2.15. The highest BCUT2D eigenvalue weighted by Gasteiger charge is 2.11. The summed E-state index contributed by atoms with van der Waals surface area (Å²) < 4.78 is 6.48. The number of aliphatic hydroxyl groups is 1. The fraction of sp³-hybridized carbons (Fsp3) is 0.571. The van der Waals surface area contributed by atoms with Crippen molar-refractivity contribution in [1.82, 2.24) is 0 Å². The van der Waals surface area contributed by atoms with Crippen LogP contribution in [0.5, 0.6) is 5.75 Å². The smallest absolute Gasteiger partial charge is 0.133 e. The molecule has 2 nitrogen and oxygen atoms in total. The first kappa shape index (κ1) is 14.5. The lowest BCUT2D eigenvalue weighted by atomic mass is 10.00. The Hall–Kier alpha value is -0.540. The van der Waals surface area contributed by atoms with Gasteiger partial charge in [0.1, 0.15) is 5.75 Å². The van der Waals surface area contributed by atoms with Gasteiger partial charge in [0.15, 0.2) is 0 Å². The highest BCUT2D eigenvalue weighted by Crippen LogP contribution is 2.30. The van der Waals surface area contributed by atoms with Crippen molar-refractivity contribution in [2.24, 2.45) is 5.92 Å². The Morgan fingerprint density at radius 3 is 2.59 bits per heavy atom. The van der Waals surface area contributed by atoms with Crippen molar-refractivity contribution in [3.8, 4) is 5.75 Å². The molecule has 1 N–H and O–H groups in total. The van der Waals surface area contributed by atoms with Gasteiger partial charge in [-0.3, -0.25) is 0 Å². The van der Waals surface area contributed by atoms with Crippen LogP contribution in [-0.2, 0) is 0 Å². The number of ether oxygens (including phenoxy) is 1. The van der Waals surface area contributed by atoms with Crippen molar-refractivity contribution >= 4 is 15.9 Å². The number of rotatable bonds is 6. The predicted molar refractivity (Wildman–Crippen MR) is 74.3 cm³/mol. The number of aliphatic hydroxyl groups excluding tert-OH is 1. The van der Waals surface area contributed by atoms with Crippen LogP contribution in [0.4, 0.5) is 0 Å². The minimum atomic E-state index is -0.397. The highest BCUT2D eigenvalue weighted by molar-refractivity contribution is 9.10. The molecule has 1 rings (SSSR count). The van der Waals surface area contributed by atoms with Crippen molar-refractivity contribution in [3.05, 3.63) is 28.2 Å². The average molecular weight is 301 g/mol. The van der Waals surface area contributed by atoms with E-state index in [0.29, 0.717) is 12.5 Å². The molecule has 1 aromatic rings. The lowest BCUT2D eigenvalue weighted by molar-refractivity contribution is 0.151. The summed E-state index contributed by atoms with van der Waals surface area (Å²) in [5.41, 5.74) is 0.939. The van der Waals surface area contributed by atoms with Gasteiger partial charge in [-0.05, 0) is 52.4 Å². The second-order valence-electron chi connectivity index (χ2n) is 4.68. The molecule has 1 unspecified atom stereocenters.